The molecule has 2 heteroatoms. The highest BCUT2D eigenvalue weighted by atomic mass is 19.3. The van der Waals surface area contributed by atoms with Crippen molar-refractivity contribution in [2.75, 3.05) is 0 Å². The summed E-state index contributed by atoms with van der Waals surface area (Å²) >= 11 is 0. The van der Waals surface area contributed by atoms with E-state index in [1.54, 1.807) is 0 Å². The van der Waals surface area contributed by atoms with Crippen LogP contribution in [-0.4, -0.2) is 0 Å². The smallest absolute Gasteiger partial charge is 0.173 e. The summed E-state index contributed by atoms with van der Waals surface area (Å²) in [7, 11) is 0. The van der Waals surface area contributed by atoms with E-state index in [4.69, 9.17) is 0 Å². The molecule has 3 rings (SSSR count). The van der Waals surface area contributed by atoms with Crippen molar-refractivity contribution in [3.63, 3.8) is 0 Å². The van der Waals surface area contributed by atoms with Gasteiger partial charge in [-0.15, -0.1) is 0 Å². The summed E-state index contributed by atoms with van der Waals surface area (Å²) in [6, 6.07) is 13.6. The van der Waals surface area contributed by atoms with Crippen LogP contribution in [0, 0.1) is 5.92 Å². The zero-order chi connectivity index (χ0) is 15.4. The lowest BCUT2D eigenvalue weighted by Gasteiger charge is -2.16. The molecule has 22 heavy (non-hydrogen) atoms. The summed E-state index contributed by atoms with van der Waals surface area (Å²) in [6.07, 6.45) is 6.05. The van der Waals surface area contributed by atoms with Crippen LogP contribution in [0.1, 0.15) is 50.5 Å². The lowest BCUT2D eigenvalue weighted by atomic mass is 9.89. The van der Waals surface area contributed by atoms with E-state index in [1.807, 2.05) is 42.5 Å². The van der Waals surface area contributed by atoms with Gasteiger partial charge in [-0.3, -0.25) is 0 Å². The van der Waals surface area contributed by atoms with Crippen molar-refractivity contribution in [3.05, 3.63) is 54.1 Å². The first-order valence-corrected chi connectivity index (χ1v) is 8.27. The quantitative estimate of drug-likeness (QED) is 0.546. The van der Waals surface area contributed by atoms with E-state index >= 15 is 0 Å². The van der Waals surface area contributed by atoms with Crippen molar-refractivity contribution in [1.82, 2.24) is 0 Å². The van der Waals surface area contributed by atoms with E-state index in [-0.39, 0.29) is 5.57 Å². The molecule has 0 saturated heterocycles. The third-order valence-electron chi connectivity index (χ3n) is 4.79. The minimum atomic E-state index is -1.51. The fourth-order valence-corrected chi connectivity index (χ4v) is 3.54. The molecule has 0 amide bonds. The van der Waals surface area contributed by atoms with E-state index < -0.39 is 6.08 Å². The number of benzene rings is 2. The Balaban J connectivity index is 1.87. The number of rotatable bonds is 3. The van der Waals surface area contributed by atoms with Crippen LogP contribution in [0.25, 0.3) is 16.3 Å². The Hall–Kier alpha value is -1.70. The fourth-order valence-electron chi connectivity index (χ4n) is 3.54. The highest BCUT2D eigenvalue weighted by Crippen LogP contribution is 2.35. The SMILES string of the molecule is FC(F)=C(CC1CCCCCC1)c1ccc2ccccc2c1. The standard InChI is InChI=1S/C20H22F2/c21-20(22)19(13-15-7-3-1-2-4-8-15)18-12-11-16-9-5-6-10-17(16)14-18/h5-6,9-12,14-15H,1-4,7-8,13H2. The summed E-state index contributed by atoms with van der Waals surface area (Å²) in [5.74, 6) is 0.408. The number of hydrogen-bond acceptors (Lipinski definition) is 0. The van der Waals surface area contributed by atoms with Crippen LogP contribution in [0.3, 0.4) is 0 Å². The molecule has 0 atom stereocenters. The second-order valence-electron chi connectivity index (χ2n) is 6.36. The molecule has 2 aromatic rings. The summed E-state index contributed by atoms with van der Waals surface area (Å²) < 4.78 is 27.0. The maximum atomic E-state index is 13.5. The molecule has 1 saturated carbocycles. The van der Waals surface area contributed by atoms with E-state index in [1.165, 1.54) is 25.7 Å². The Bertz CT molecular complexity index is 660. The average Bonchev–Trinajstić information content (AvgIpc) is 2.80. The molecule has 0 spiro atoms. The van der Waals surface area contributed by atoms with Gasteiger partial charge < -0.3 is 0 Å². The van der Waals surface area contributed by atoms with E-state index in [9.17, 15) is 8.78 Å². The van der Waals surface area contributed by atoms with Gasteiger partial charge >= 0.3 is 0 Å². The van der Waals surface area contributed by atoms with Crippen LogP contribution in [0.5, 0.6) is 0 Å². The molecule has 1 fully saturated rings. The Kier molecular flexibility index (Phi) is 4.87. The van der Waals surface area contributed by atoms with E-state index in [0.29, 0.717) is 17.9 Å². The van der Waals surface area contributed by atoms with Crippen molar-refractivity contribution in [2.24, 2.45) is 5.92 Å². The van der Waals surface area contributed by atoms with E-state index in [2.05, 4.69) is 0 Å². The predicted molar refractivity (Wildman–Crippen MR) is 88.9 cm³/mol. The summed E-state index contributed by atoms with van der Waals surface area (Å²) in [6.45, 7) is 0. The molecule has 0 nitrogen and oxygen atoms in total. The molecule has 1 aliphatic rings. The van der Waals surface area contributed by atoms with Crippen LogP contribution < -0.4 is 0 Å². The van der Waals surface area contributed by atoms with Crippen molar-refractivity contribution in [3.8, 4) is 0 Å². The third-order valence-corrected chi connectivity index (χ3v) is 4.79. The van der Waals surface area contributed by atoms with Crippen LogP contribution in [0.2, 0.25) is 0 Å². The van der Waals surface area contributed by atoms with Gasteiger partial charge in [0, 0.05) is 5.57 Å². The minimum Gasteiger partial charge on any atom is -0.173 e. The monoisotopic (exact) mass is 300 g/mol. The van der Waals surface area contributed by atoms with Crippen LogP contribution in [-0.2, 0) is 0 Å². The molecule has 2 aromatic carbocycles. The van der Waals surface area contributed by atoms with Crippen molar-refractivity contribution in [1.29, 1.82) is 0 Å². The number of halogens is 2. The van der Waals surface area contributed by atoms with Gasteiger partial charge in [0.15, 0.2) is 0 Å². The van der Waals surface area contributed by atoms with Crippen LogP contribution in [0.15, 0.2) is 48.5 Å². The van der Waals surface area contributed by atoms with Gasteiger partial charge in [0.05, 0.1) is 0 Å². The summed E-state index contributed by atoms with van der Waals surface area (Å²) in [5.41, 5.74) is 0.931. The third kappa shape index (κ3) is 3.55. The minimum absolute atomic E-state index is 0.248. The Morgan fingerprint density at radius 2 is 1.55 bits per heavy atom. The molecule has 0 aliphatic heterocycles. The van der Waals surface area contributed by atoms with Crippen molar-refractivity contribution < 1.29 is 8.78 Å². The largest absolute Gasteiger partial charge is 0.274 e. The van der Waals surface area contributed by atoms with Gasteiger partial charge in [0.2, 0.25) is 0 Å². The molecule has 0 heterocycles. The summed E-state index contributed by atoms with van der Waals surface area (Å²) in [5, 5.41) is 2.12. The van der Waals surface area contributed by atoms with Gasteiger partial charge in [-0.1, -0.05) is 74.9 Å². The molecule has 0 unspecified atom stereocenters. The lowest BCUT2D eigenvalue weighted by Crippen LogP contribution is -2.01. The van der Waals surface area contributed by atoms with Gasteiger partial charge in [-0.2, -0.15) is 8.78 Å². The number of hydrogen-bond donors (Lipinski definition) is 0. The van der Waals surface area contributed by atoms with Gasteiger partial charge in [-0.05, 0) is 34.7 Å². The fraction of sp³-hybridized carbons (Fsp3) is 0.400. The molecule has 0 bridgehead atoms. The van der Waals surface area contributed by atoms with Gasteiger partial charge in [-0.25, -0.2) is 0 Å². The normalized spacial score (nSPS) is 16.5. The molecular formula is C20H22F2. The maximum Gasteiger partial charge on any atom is 0.274 e. The van der Waals surface area contributed by atoms with Crippen molar-refractivity contribution in [2.45, 2.75) is 44.9 Å². The number of allylic oxidation sites excluding steroid dienone is 1. The summed E-state index contributed by atoms with van der Waals surface area (Å²) in [4.78, 5) is 0. The highest BCUT2D eigenvalue weighted by molar-refractivity contribution is 5.86. The molecular weight excluding hydrogens is 278 g/mol. The molecule has 0 radical (unpaired) electrons. The second kappa shape index (κ2) is 7.04. The molecule has 0 N–H and O–H groups in total. The molecule has 1 aliphatic carbocycles. The van der Waals surface area contributed by atoms with E-state index in [0.717, 1.165) is 23.6 Å². The second-order valence-corrected chi connectivity index (χ2v) is 6.36. The van der Waals surface area contributed by atoms with Crippen LogP contribution in [0.4, 0.5) is 8.78 Å². The van der Waals surface area contributed by atoms with Gasteiger partial charge in [0.25, 0.3) is 6.08 Å². The van der Waals surface area contributed by atoms with Crippen LogP contribution >= 0.6 is 0 Å². The maximum absolute atomic E-state index is 13.5. The molecule has 116 valence electrons. The zero-order valence-electron chi connectivity index (χ0n) is 12.8. The van der Waals surface area contributed by atoms with Gasteiger partial charge in [0.1, 0.15) is 0 Å². The lowest BCUT2D eigenvalue weighted by molar-refractivity contribution is 0.410. The number of fused-ring (bicyclic) bond motifs is 1. The Labute approximate surface area is 130 Å². The first kappa shape index (κ1) is 15.2. The average molecular weight is 300 g/mol. The Morgan fingerprint density at radius 3 is 2.23 bits per heavy atom. The zero-order valence-corrected chi connectivity index (χ0v) is 12.8. The first-order chi connectivity index (χ1) is 10.7. The Morgan fingerprint density at radius 1 is 0.864 bits per heavy atom. The van der Waals surface area contributed by atoms with Crippen molar-refractivity contribution >= 4 is 16.3 Å². The first-order valence-electron chi connectivity index (χ1n) is 8.27. The highest BCUT2D eigenvalue weighted by Gasteiger charge is 2.18. The topological polar surface area (TPSA) is 0 Å². The molecule has 0 aromatic heterocycles. The predicted octanol–water partition coefficient (Wildman–Crippen LogP) is 6.81.